The molecule has 3 aliphatic rings. The average molecular weight is 477 g/mol. The van der Waals surface area contributed by atoms with E-state index in [2.05, 4.69) is 10.6 Å². The second-order valence-electron chi connectivity index (χ2n) is 8.84. The van der Waals surface area contributed by atoms with E-state index < -0.39 is 28.9 Å². The van der Waals surface area contributed by atoms with E-state index in [1.807, 2.05) is 0 Å². The maximum Gasteiger partial charge on any atom is 0.258 e. The number of aliphatic hydroxyl groups excluding tert-OH is 2. The third kappa shape index (κ3) is 4.83. The van der Waals surface area contributed by atoms with Crippen LogP contribution in [-0.4, -0.2) is 45.8 Å². The fourth-order valence-electron chi connectivity index (χ4n) is 4.88. The molecule has 3 saturated carbocycles. The van der Waals surface area contributed by atoms with Crippen molar-refractivity contribution in [2.24, 2.45) is 0 Å². The van der Waals surface area contributed by atoms with Gasteiger partial charge in [-0.25, -0.2) is 4.39 Å². The van der Waals surface area contributed by atoms with E-state index >= 15 is 0 Å². The molecule has 0 heterocycles. The molecule has 1 unspecified atom stereocenters. The lowest BCUT2D eigenvalue weighted by Crippen LogP contribution is -2.70. The first-order chi connectivity index (χ1) is 15.8. The molecule has 5 rings (SSSR count). The Balaban J connectivity index is 1.36. The van der Waals surface area contributed by atoms with Gasteiger partial charge >= 0.3 is 0 Å². The van der Waals surface area contributed by atoms with Gasteiger partial charge < -0.3 is 25.6 Å². The number of rotatable bonds is 7. The van der Waals surface area contributed by atoms with E-state index in [0.29, 0.717) is 43.2 Å². The van der Waals surface area contributed by atoms with E-state index in [1.54, 1.807) is 24.3 Å². The molecule has 0 radical (unpaired) electrons. The molecule has 176 valence electrons. The van der Waals surface area contributed by atoms with Crippen molar-refractivity contribution in [3.8, 4) is 5.75 Å². The highest BCUT2D eigenvalue weighted by molar-refractivity contribution is 6.30. The molecule has 2 aromatic carbocycles. The van der Waals surface area contributed by atoms with Crippen molar-refractivity contribution in [3.63, 3.8) is 0 Å². The molecule has 0 spiro atoms. The van der Waals surface area contributed by atoms with Gasteiger partial charge in [-0.3, -0.25) is 9.59 Å². The number of hydrogen-bond donors (Lipinski definition) is 4. The number of carbonyl (C=O) groups excluding carboxylic acids is 2. The topological polar surface area (TPSA) is 108 Å². The lowest BCUT2D eigenvalue weighted by Gasteiger charge is -2.56. The summed E-state index contributed by atoms with van der Waals surface area (Å²) in [5.41, 5.74) is -0.402. The molecule has 33 heavy (non-hydrogen) atoms. The minimum atomic E-state index is -0.842. The largest absolute Gasteiger partial charge is 0.484 e. The molecule has 2 aromatic rings. The van der Waals surface area contributed by atoms with Gasteiger partial charge in [0.2, 0.25) is 0 Å². The minimum absolute atomic E-state index is 0.0337. The quantitative estimate of drug-likeness (QED) is 0.491. The van der Waals surface area contributed by atoms with Gasteiger partial charge in [-0.05, 0) is 55.9 Å². The second kappa shape index (κ2) is 9.29. The maximum absolute atomic E-state index is 13.5. The number of carbonyl (C=O) groups is 2. The Bertz CT molecular complexity index is 1050. The summed E-state index contributed by atoms with van der Waals surface area (Å²) in [5.74, 6) is -1.15. The number of nitrogens with one attached hydrogen (secondary N) is 2. The molecule has 3 fully saturated rings. The summed E-state index contributed by atoms with van der Waals surface area (Å²) in [6, 6.07) is 10.8. The highest BCUT2D eigenvalue weighted by Gasteiger charge is 2.55. The summed E-state index contributed by atoms with van der Waals surface area (Å²) < 4.78 is 18.9. The molecule has 1 atom stereocenters. The molecule has 0 aliphatic heterocycles. The van der Waals surface area contributed by atoms with Crippen LogP contribution in [0.15, 0.2) is 42.5 Å². The van der Waals surface area contributed by atoms with Crippen molar-refractivity contribution in [1.82, 2.24) is 10.6 Å². The molecule has 0 saturated heterocycles. The first-order valence-electron chi connectivity index (χ1n) is 10.8. The van der Waals surface area contributed by atoms with E-state index in [9.17, 15) is 24.2 Å². The van der Waals surface area contributed by atoms with Crippen LogP contribution in [0.2, 0.25) is 5.02 Å². The Labute approximate surface area is 195 Å². The molecule has 4 N–H and O–H groups in total. The van der Waals surface area contributed by atoms with Gasteiger partial charge in [0, 0.05) is 17.2 Å². The van der Waals surface area contributed by atoms with Gasteiger partial charge in [0.1, 0.15) is 11.6 Å². The SMILES string of the molecule is O=C(COc1ccc(Cl)c(F)c1)NC12CCC(NC(=O)c3ccccc3CO)(CC1)CC2O. The molecule has 2 bridgehead atoms. The third-order valence-electron chi connectivity index (χ3n) is 6.78. The van der Waals surface area contributed by atoms with Gasteiger partial charge in [0.05, 0.1) is 23.3 Å². The number of hydrogen-bond acceptors (Lipinski definition) is 5. The monoisotopic (exact) mass is 476 g/mol. The molecular formula is C24H26ClFN2O5. The predicted molar refractivity (Wildman–Crippen MR) is 119 cm³/mol. The van der Waals surface area contributed by atoms with E-state index in [0.717, 1.165) is 6.07 Å². The summed E-state index contributed by atoms with van der Waals surface area (Å²) in [4.78, 5) is 25.4. The Kier molecular flexibility index (Phi) is 6.61. The number of ether oxygens (including phenoxy) is 1. The fourth-order valence-corrected chi connectivity index (χ4v) is 5.00. The van der Waals surface area contributed by atoms with E-state index in [4.69, 9.17) is 16.3 Å². The second-order valence-corrected chi connectivity index (χ2v) is 9.25. The molecule has 7 nitrogen and oxygen atoms in total. The fraction of sp³-hybridized carbons (Fsp3) is 0.417. The lowest BCUT2D eigenvalue weighted by molar-refractivity contribution is -0.132. The molecule has 9 heteroatoms. The van der Waals surface area contributed by atoms with Crippen LogP contribution in [0.25, 0.3) is 0 Å². The number of halogens is 2. The van der Waals surface area contributed by atoms with Crippen molar-refractivity contribution in [1.29, 1.82) is 0 Å². The Morgan fingerprint density at radius 1 is 1.12 bits per heavy atom. The van der Waals surface area contributed by atoms with Gasteiger partial charge in [-0.2, -0.15) is 0 Å². The van der Waals surface area contributed by atoms with Gasteiger partial charge in [0.25, 0.3) is 11.8 Å². The number of aliphatic hydroxyl groups is 2. The van der Waals surface area contributed by atoms with E-state index in [-0.39, 0.29) is 29.9 Å². The summed E-state index contributed by atoms with van der Waals surface area (Å²) in [7, 11) is 0. The lowest BCUT2D eigenvalue weighted by atomic mass is 9.59. The van der Waals surface area contributed by atoms with Crippen molar-refractivity contribution >= 4 is 23.4 Å². The van der Waals surface area contributed by atoms with Crippen molar-refractivity contribution in [3.05, 3.63) is 64.4 Å². The van der Waals surface area contributed by atoms with Crippen LogP contribution in [0.5, 0.6) is 5.75 Å². The Morgan fingerprint density at radius 3 is 2.52 bits per heavy atom. The van der Waals surface area contributed by atoms with Crippen LogP contribution < -0.4 is 15.4 Å². The zero-order chi connectivity index (χ0) is 23.6. The zero-order valence-electron chi connectivity index (χ0n) is 17.9. The van der Waals surface area contributed by atoms with Crippen LogP contribution in [0.1, 0.15) is 48.0 Å². The smallest absolute Gasteiger partial charge is 0.258 e. The standard InChI is InChI=1S/C24H26ClFN2O5/c25-18-6-5-16(11-19(18)26)33-14-21(31)27-24-9-7-23(8-10-24,12-20(24)30)28-22(32)17-4-2-1-3-15(17)13-29/h1-6,11,20,29-30H,7-10,12-14H2,(H,27,31)(H,28,32). The van der Waals surface area contributed by atoms with Crippen molar-refractivity contribution in [2.45, 2.75) is 55.9 Å². The highest BCUT2D eigenvalue weighted by atomic mass is 35.5. The van der Waals surface area contributed by atoms with Gasteiger partial charge in [-0.1, -0.05) is 29.8 Å². The van der Waals surface area contributed by atoms with Crippen LogP contribution in [0, 0.1) is 5.82 Å². The Morgan fingerprint density at radius 2 is 1.85 bits per heavy atom. The molecular weight excluding hydrogens is 451 g/mol. The van der Waals surface area contributed by atoms with Crippen molar-refractivity contribution < 1.29 is 28.9 Å². The third-order valence-corrected chi connectivity index (χ3v) is 7.09. The molecule has 3 aliphatic carbocycles. The summed E-state index contributed by atoms with van der Waals surface area (Å²) >= 11 is 5.65. The number of benzene rings is 2. The normalized spacial score (nSPS) is 26.0. The minimum Gasteiger partial charge on any atom is -0.484 e. The molecule has 0 aromatic heterocycles. The van der Waals surface area contributed by atoms with Crippen LogP contribution in [0.4, 0.5) is 4.39 Å². The number of fused-ring (bicyclic) bond motifs is 3. The first-order valence-corrected chi connectivity index (χ1v) is 11.2. The first kappa shape index (κ1) is 23.5. The summed E-state index contributed by atoms with van der Waals surface area (Å²) in [6.45, 7) is -0.561. The van der Waals surface area contributed by atoms with Crippen LogP contribution in [0.3, 0.4) is 0 Å². The maximum atomic E-state index is 13.5. The average Bonchev–Trinajstić information content (AvgIpc) is 2.81. The Hall–Kier alpha value is -2.68. The van der Waals surface area contributed by atoms with Gasteiger partial charge in [0.15, 0.2) is 6.61 Å². The summed E-state index contributed by atoms with van der Waals surface area (Å²) in [5, 5.41) is 26.3. The van der Waals surface area contributed by atoms with Crippen LogP contribution in [-0.2, 0) is 11.4 Å². The predicted octanol–water partition coefficient (Wildman–Crippen LogP) is 2.71. The summed E-state index contributed by atoms with van der Waals surface area (Å²) in [6.07, 6.45) is 1.66. The number of amides is 2. The van der Waals surface area contributed by atoms with Gasteiger partial charge in [-0.15, -0.1) is 0 Å². The van der Waals surface area contributed by atoms with Crippen LogP contribution >= 0.6 is 11.6 Å². The van der Waals surface area contributed by atoms with E-state index in [1.165, 1.54) is 12.1 Å². The zero-order valence-corrected chi connectivity index (χ0v) is 18.7. The van der Waals surface area contributed by atoms with Crippen molar-refractivity contribution in [2.75, 3.05) is 6.61 Å². The highest BCUT2D eigenvalue weighted by Crippen LogP contribution is 2.47. The molecule has 2 amide bonds.